The molecule has 4 saturated carbocycles. The smallest absolute Gasteiger partial charge is 0.284 e. The quantitative estimate of drug-likeness (QED) is 0.0379. The van der Waals surface area contributed by atoms with Crippen molar-refractivity contribution in [1.82, 2.24) is 50.2 Å². The van der Waals surface area contributed by atoms with E-state index < -0.39 is 69.0 Å². The Bertz CT molecular complexity index is 3460. The third-order valence-corrected chi connectivity index (χ3v) is 19.1. The molecular weight excluding hydrogens is 1060 g/mol. The number of sulfonamides is 1. The molecule has 81 heavy (non-hydrogen) atoms. The number of hydrogen-bond donors (Lipinski definition) is 5. The number of carbonyl (C=O) groups excluding carboxylic acids is 4. The van der Waals surface area contributed by atoms with E-state index in [1.54, 1.807) is 63.2 Å². The zero-order chi connectivity index (χ0) is 57.5. The van der Waals surface area contributed by atoms with Crippen molar-refractivity contribution >= 4 is 77.8 Å². The normalized spacial score (nSPS) is 22.0. The number of unbranched alkanes of at least 4 members (excludes halogenated alkanes) is 1. The minimum absolute atomic E-state index is 0.00940. The van der Waals surface area contributed by atoms with E-state index in [1.807, 2.05) is 63.2 Å². The number of nitrogens with one attached hydrogen (secondary N) is 4. The van der Waals surface area contributed by atoms with Crippen molar-refractivity contribution in [3.05, 3.63) is 101 Å². The number of fused-ring (bicyclic) bond motifs is 1. The summed E-state index contributed by atoms with van der Waals surface area (Å²) < 4.78 is 33.0. The second-order valence-electron chi connectivity index (χ2n) is 24.2. The molecule has 4 atom stereocenters. The molecule has 2 aromatic carbocycles. The summed E-state index contributed by atoms with van der Waals surface area (Å²) in [6, 6.07) is 17.9. The third kappa shape index (κ3) is 12.6. The molecule has 0 unspecified atom stereocenters. The molecule has 6 aromatic rings. The summed E-state index contributed by atoms with van der Waals surface area (Å²) >= 11 is 1.50. The highest BCUT2D eigenvalue weighted by molar-refractivity contribution is 7.90. The molecule has 4 bridgehead atoms. The van der Waals surface area contributed by atoms with Gasteiger partial charge >= 0.3 is 0 Å². The number of aliphatic hydroxyl groups is 1. The lowest BCUT2D eigenvalue weighted by atomic mass is 9.49. The Kier molecular flexibility index (Phi) is 16.1. The van der Waals surface area contributed by atoms with Gasteiger partial charge in [-0.1, -0.05) is 62.3 Å². The third-order valence-electron chi connectivity index (χ3n) is 16.9. The van der Waals surface area contributed by atoms with Crippen LogP contribution < -0.4 is 25.6 Å². The van der Waals surface area contributed by atoms with Crippen LogP contribution in [0.1, 0.15) is 131 Å². The number of benzene rings is 2. The highest BCUT2D eigenvalue weighted by Crippen LogP contribution is 2.60. The van der Waals surface area contributed by atoms with Gasteiger partial charge in [-0.25, -0.2) is 23.1 Å². The van der Waals surface area contributed by atoms with Gasteiger partial charge in [-0.15, -0.1) is 16.6 Å². The summed E-state index contributed by atoms with van der Waals surface area (Å²) in [7, 11) is -2.54. The largest absolute Gasteiger partial charge is 0.391 e. The summed E-state index contributed by atoms with van der Waals surface area (Å²) in [4.78, 5) is 68.5. The van der Waals surface area contributed by atoms with Crippen molar-refractivity contribution in [1.29, 1.82) is 0 Å². The Balaban J connectivity index is 0.809. The summed E-state index contributed by atoms with van der Waals surface area (Å²) in [5.74, 6) is 3.26. The maximum absolute atomic E-state index is 14.5. The van der Waals surface area contributed by atoms with E-state index in [2.05, 4.69) is 46.5 Å². The van der Waals surface area contributed by atoms with Crippen molar-refractivity contribution in [2.45, 2.75) is 137 Å². The van der Waals surface area contributed by atoms with Crippen molar-refractivity contribution in [3.63, 3.8) is 0 Å². The number of anilines is 4. The van der Waals surface area contributed by atoms with E-state index >= 15 is 0 Å². The van der Waals surface area contributed by atoms with Gasteiger partial charge in [-0.3, -0.25) is 23.9 Å². The average Bonchev–Trinajstić information content (AvgIpc) is 4.20. The highest BCUT2D eigenvalue weighted by atomic mass is 32.2. The van der Waals surface area contributed by atoms with E-state index in [9.17, 15) is 32.7 Å². The predicted octanol–water partition coefficient (Wildman–Crippen LogP) is 8.27. The fourth-order valence-electron chi connectivity index (χ4n) is 13.0. The van der Waals surface area contributed by atoms with Crippen LogP contribution in [0.5, 0.6) is 0 Å². The topological polar surface area (TPSA) is 247 Å². The van der Waals surface area contributed by atoms with Crippen molar-refractivity contribution in [2.24, 2.45) is 28.6 Å². The molecule has 11 rings (SSSR count). The second kappa shape index (κ2) is 22.9. The molecule has 5 N–H and O–H groups in total. The first-order valence-electron chi connectivity index (χ1n) is 28.0. The number of aryl methyl sites for hydroxylation is 1. The van der Waals surface area contributed by atoms with Gasteiger partial charge in [0.2, 0.25) is 27.7 Å². The predicted molar refractivity (Wildman–Crippen MR) is 312 cm³/mol. The van der Waals surface area contributed by atoms with Gasteiger partial charge in [0.15, 0.2) is 16.8 Å². The van der Waals surface area contributed by atoms with E-state index in [0.29, 0.717) is 39.3 Å². The standard InChI is InChI=1S/C60H72N12O7S2/c1-9-38-17-19-42(20-18-38)36(3)62-55(75)47-28-43(73)33-71(47)57(77)53(59(5,6)7)65-51(74)16-12-13-23-81(78,79)69-56(76)52-44(45-32-61-72(37(45)4)34-60-29-39-25-40(30-60)27-41(26-39)31-60)21-22-49(64-52)70(8)50-24-35(2)54(68-67-50)66-58-63-46-14-10-11-15-48(46)80-58/h1,10-11,14-15,17-22,24,32,36,39-41,43,47,53,73H,12-13,16,23,25-31,33-34H2,2-8H3,(H,62,75)(H,65,74)(H,69,76)(H,63,66,68)/t36-,39?,40?,41?,43+,47-,53+,60?/m0/s1. The minimum atomic E-state index is -4.28. The van der Waals surface area contributed by atoms with E-state index in [-0.39, 0.29) is 43.3 Å². The van der Waals surface area contributed by atoms with Crippen LogP contribution in [0.15, 0.2) is 72.9 Å². The maximum atomic E-state index is 14.5. The van der Waals surface area contributed by atoms with Gasteiger partial charge in [-0.2, -0.15) is 5.10 Å². The fourth-order valence-corrected chi connectivity index (χ4v) is 15.0. The number of β-amino-alcohol motifs (C(OH)–C–C–N with tert-alkyl or cyclic N) is 1. The van der Waals surface area contributed by atoms with Crippen LogP contribution >= 0.6 is 11.3 Å². The van der Waals surface area contributed by atoms with Gasteiger partial charge in [0, 0.05) is 55.4 Å². The minimum Gasteiger partial charge on any atom is -0.391 e. The van der Waals surface area contributed by atoms with Crippen LogP contribution in [-0.2, 0) is 31.0 Å². The van der Waals surface area contributed by atoms with Gasteiger partial charge in [-0.05, 0) is 154 Å². The monoisotopic (exact) mass is 1140 g/mol. The number of nitrogens with zero attached hydrogens (tertiary/aromatic N) is 8. The van der Waals surface area contributed by atoms with Crippen LogP contribution in [0.25, 0.3) is 21.3 Å². The van der Waals surface area contributed by atoms with Gasteiger partial charge in [0.1, 0.15) is 23.6 Å². The molecule has 426 valence electrons. The summed E-state index contributed by atoms with van der Waals surface area (Å²) in [6.07, 6.45) is 13.9. The van der Waals surface area contributed by atoms with Crippen molar-refractivity contribution in [3.8, 4) is 23.5 Å². The number of aromatic nitrogens is 6. The molecule has 21 heteroatoms. The lowest BCUT2D eigenvalue weighted by molar-refractivity contribution is -0.144. The Hall–Kier alpha value is -7.28. The molecule has 0 spiro atoms. The lowest BCUT2D eigenvalue weighted by Gasteiger charge is -2.56. The number of thiazole rings is 1. The second-order valence-corrected chi connectivity index (χ2v) is 27.0. The van der Waals surface area contributed by atoms with Crippen LogP contribution in [0.2, 0.25) is 0 Å². The average molecular weight is 1140 g/mol. The number of hydrogen-bond acceptors (Lipinski definition) is 15. The molecule has 5 heterocycles. The van der Waals surface area contributed by atoms with E-state index in [1.165, 1.54) is 54.8 Å². The van der Waals surface area contributed by atoms with Crippen LogP contribution in [0.4, 0.5) is 22.6 Å². The number of aliphatic hydroxyl groups excluding tert-OH is 1. The van der Waals surface area contributed by atoms with E-state index in [4.69, 9.17) is 16.5 Å². The number of para-hydroxylation sites is 1. The number of likely N-dealkylation sites (tertiary alicyclic amines) is 1. The molecule has 5 fully saturated rings. The van der Waals surface area contributed by atoms with E-state index in [0.717, 1.165) is 51.3 Å². The molecule has 4 aromatic heterocycles. The lowest BCUT2D eigenvalue weighted by Crippen LogP contribution is -2.57. The highest BCUT2D eigenvalue weighted by Gasteiger charge is 2.51. The Morgan fingerprint density at radius 1 is 0.901 bits per heavy atom. The Labute approximate surface area is 477 Å². The van der Waals surface area contributed by atoms with Gasteiger partial charge in [0.05, 0.1) is 34.3 Å². The Morgan fingerprint density at radius 2 is 1.60 bits per heavy atom. The molecule has 5 aliphatic rings. The number of carbonyl (C=O) groups is 4. The SMILES string of the molecule is C#Cc1ccc([C@H](C)NC(=O)[C@@H]2C[C@@H](O)CN2C(=O)[C@@H](NC(=O)CCCCS(=O)(=O)NC(=O)c2nc(N(C)c3cc(C)c(Nc4nc5ccccc5s4)nn3)ccc2-c2cnn(CC34CC5CC(CC(C5)C3)C4)c2C)C(C)(C)C)cc1. The molecule has 1 saturated heterocycles. The maximum Gasteiger partial charge on any atom is 0.284 e. The number of rotatable bonds is 19. The molecule has 4 amide bonds. The first-order valence-corrected chi connectivity index (χ1v) is 30.5. The summed E-state index contributed by atoms with van der Waals surface area (Å²) in [5, 5.41) is 34.3. The molecule has 0 radical (unpaired) electrons. The van der Waals surface area contributed by atoms with Crippen LogP contribution in [-0.4, -0.2) is 110 Å². The molecule has 1 aliphatic heterocycles. The number of terminal acetylenes is 1. The fraction of sp³-hybridized carbons (Fsp3) is 0.483. The molecular formula is C60H72N12O7S2. The van der Waals surface area contributed by atoms with Gasteiger partial charge in [0.25, 0.3) is 5.91 Å². The zero-order valence-corrected chi connectivity index (χ0v) is 48.7. The number of amides is 4. The summed E-state index contributed by atoms with van der Waals surface area (Å²) in [6.45, 7) is 11.7. The van der Waals surface area contributed by atoms with Crippen LogP contribution in [0, 0.1) is 54.8 Å². The molecule has 4 aliphatic carbocycles. The van der Waals surface area contributed by atoms with Crippen molar-refractivity contribution < 1.29 is 32.7 Å². The van der Waals surface area contributed by atoms with Crippen molar-refractivity contribution in [2.75, 3.05) is 29.6 Å². The first-order chi connectivity index (χ1) is 38.5. The van der Waals surface area contributed by atoms with Gasteiger partial charge < -0.3 is 30.9 Å². The summed E-state index contributed by atoms with van der Waals surface area (Å²) in [5.41, 5.74) is 4.36. The first kappa shape index (κ1) is 57.0. The number of pyridine rings is 1. The molecule has 19 nitrogen and oxygen atoms in total. The van der Waals surface area contributed by atoms with Crippen LogP contribution in [0.3, 0.4) is 0 Å². The Morgan fingerprint density at radius 3 is 2.27 bits per heavy atom. The zero-order valence-electron chi connectivity index (χ0n) is 47.0.